The van der Waals surface area contributed by atoms with E-state index in [1.165, 1.54) is 12.1 Å². The molecule has 0 saturated carbocycles. The molecular weight excluding hydrogens is 260 g/mol. The second-order valence-corrected chi connectivity index (χ2v) is 4.02. The molecule has 98 valence electrons. The number of hydrogen-bond acceptors (Lipinski definition) is 6. The molecule has 0 atom stereocenters. The molecule has 3 aromatic rings. The van der Waals surface area contributed by atoms with Crippen LogP contribution in [0.1, 0.15) is 5.69 Å². The summed E-state index contributed by atoms with van der Waals surface area (Å²) in [4.78, 5) is 6.98. The van der Waals surface area contributed by atoms with E-state index in [1.54, 1.807) is 18.2 Å². The highest BCUT2D eigenvalue weighted by Gasteiger charge is 2.13. The van der Waals surface area contributed by atoms with Crippen molar-refractivity contribution in [3.63, 3.8) is 0 Å². The number of nitriles is 1. The number of H-pyrrole nitrogens is 1. The van der Waals surface area contributed by atoms with Crippen LogP contribution in [0, 0.1) is 11.3 Å². The van der Waals surface area contributed by atoms with Gasteiger partial charge in [0.25, 0.3) is 5.89 Å². The maximum atomic E-state index is 9.44. The van der Waals surface area contributed by atoms with E-state index in [2.05, 4.69) is 15.1 Å². The number of phenols is 2. The molecule has 0 aliphatic carbocycles. The van der Waals surface area contributed by atoms with Gasteiger partial charge >= 0.3 is 0 Å². The van der Waals surface area contributed by atoms with Gasteiger partial charge in [0.05, 0.1) is 0 Å². The molecule has 1 aromatic carbocycles. The van der Waals surface area contributed by atoms with Gasteiger partial charge in [0.2, 0.25) is 5.82 Å². The number of nitrogens with one attached hydrogen (secondary N) is 1. The summed E-state index contributed by atoms with van der Waals surface area (Å²) in [5, 5.41) is 31.2. The molecule has 0 amide bonds. The molecule has 7 heteroatoms. The third-order valence-electron chi connectivity index (χ3n) is 2.70. The lowest BCUT2D eigenvalue weighted by Crippen LogP contribution is -1.82. The summed E-state index contributed by atoms with van der Waals surface area (Å²) in [6, 6.07) is 9.45. The highest BCUT2D eigenvalue weighted by molar-refractivity contribution is 5.62. The van der Waals surface area contributed by atoms with Crippen LogP contribution in [0.5, 0.6) is 11.5 Å². The molecule has 0 aliphatic heterocycles. The van der Waals surface area contributed by atoms with Crippen LogP contribution in [-0.2, 0) is 0 Å². The van der Waals surface area contributed by atoms with E-state index >= 15 is 0 Å². The van der Waals surface area contributed by atoms with Gasteiger partial charge in [-0.3, -0.25) is 0 Å². The number of benzene rings is 1. The fourth-order valence-electron chi connectivity index (χ4n) is 1.70. The number of phenolic OH excluding ortho intramolecular Hbond substituents is 2. The van der Waals surface area contributed by atoms with Crippen molar-refractivity contribution >= 4 is 0 Å². The first kappa shape index (κ1) is 11.8. The van der Waals surface area contributed by atoms with Gasteiger partial charge in [0.1, 0.15) is 17.5 Å². The molecule has 0 fully saturated rings. The Labute approximate surface area is 112 Å². The minimum absolute atomic E-state index is 0.222. The highest BCUT2D eigenvalue weighted by Crippen LogP contribution is 2.30. The predicted octanol–water partition coefficient (Wildman–Crippen LogP) is 2.01. The Morgan fingerprint density at radius 1 is 1.15 bits per heavy atom. The fraction of sp³-hybridized carbons (Fsp3) is 0. The summed E-state index contributed by atoms with van der Waals surface area (Å²) in [5.74, 6) is 0.0125. The Bertz CT molecular complexity index is 813. The first-order chi connectivity index (χ1) is 9.67. The Morgan fingerprint density at radius 2 is 2.00 bits per heavy atom. The minimum atomic E-state index is -0.263. The number of nitrogens with zero attached hydrogens (tertiary/aromatic N) is 3. The molecule has 0 unspecified atom stereocenters. The first-order valence-electron chi connectivity index (χ1n) is 5.63. The summed E-state index contributed by atoms with van der Waals surface area (Å²) < 4.78 is 5.09. The second-order valence-electron chi connectivity index (χ2n) is 4.02. The van der Waals surface area contributed by atoms with E-state index < -0.39 is 0 Å². The zero-order valence-corrected chi connectivity index (χ0v) is 10.0. The van der Waals surface area contributed by atoms with E-state index in [1.807, 2.05) is 6.07 Å². The largest absolute Gasteiger partial charge is 0.504 e. The number of aromatic hydroxyl groups is 2. The summed E-state index contributed by atoms with van der Waals surface area (Å²) >= 11 is 0. The van der Waals surface area contributed by atoms with Crippen molar-refractivity contribution in [2.45, 2.75) is 0 Å². The van der Waals surface area contributed by atoms with Gasteiger partial charge in [0, 0.05) is 5.56 Å². The van der Waals surface area contributed by atoms with Gasteiger partial charge in [-0.25, -0.2) is 0 Å². The third-order valence-corrected chi connectivity index (χ3v) is 2.70. The lowest BCUT2D eigenvalue weighted by atomic mass is 10.2. The summed E-state index contributed by atoms with van der Waals surface area (Å²) in [7, 11) is 0. The first-order valence-corrected chi connectivity index (χ1v) is 5.63. The lowest BCUT2D eigenvalue weighted by Gasteiger charge is -1.98. The standard InChI is InChI=1S/C13H8N4O3/c14-6-8-2-3-9(15-8)13-16-12(17-20-13)7-1-4-10(18)11(19)5-7/h1-5,15,18-19H. The van der Waals surface area contributed by atoms with Crippen molar-refractivity contribution in [2.24, 2.45) is 0 Å². The molecule has 20 heavy (non-hydrogen) atoms. The van der Waals surface area contributed by atoms with Crippen LogP contribution in [0.3, 0.4) is 0 Å². The van der Waals surface area contributed by atoms with Crippen LogP contribution < -0.4 is 0 Å². The SMILES string of the molecule is N#Cc1ccc(-c2nc(-c3ccc(O)c(O)c3)no2)[nH]1. The normalized spacial score (nSPS) is 10.3. The van der Waals surface area contributed by atoms with Crippen LogP contribution in [0.15, 0.2) is 34.9 Å². The molecule has 7 nitrogen and oxygen atoms in total. The molecule has 0 radical (unpaired) electrons. The average Bonchev–Trinajstić information content (AvgIpc) is 3.09. The van der Waals surface area contributed by atoms with E-state index in [4.69, 9.17) is 9.78 Å². The number of aromatic nitrogens is 3. The lowest BCUT2D eigenvalue weighted by molar-refractivity contribution is 0.404. The van der Waals surface area contributed by atoms with Crippen LogP contribution in [0.2, 0.25) is 0 Å². The molecule has 0 aliphatic rings. The van der Waals surface area contributed by atoms with E-state index in [9.17, 15) is 10.2 Å². The van der Waals surface area contributed by atoms with Crippen LogP contribution in [-0.4, -0.2) is 25.3 Å². The summed E-state index contributed by atoms with van der Waals surface area (Å²) in [6.45, 7) is 0. The summed E-state index contributed by atoms with van der Waals surface area (Å²) in [5.41, 5.74) is 1.42. The minimum Gasteiger partial charge on any atom is -0.504 e. The zero-order valence-electron chi connectivity index (χ0n) is 10.0. The van der Waals surface area contributed by atoms with Crippen molar-refractivity contribution < 1.29 is 14.7 Å². The van der Waals surface area contributed by atoms with Gasteiger partial charge in [-0.2, -0.15) is 10.2 Å². The maximum absolute atomic E-state index is 9.44. The molecular formula is C13H8N4O3. The molecule has 0 spiro atoms. The van der Waals surface area contributed by atoms with Crippen molar-refractivity contribution in [3.8, 4) is 40.5 Å². The zero-order chi connectivity index (χ0) is 14.1. The number of aromatic amines is 1. The Balaban J connectivity index is 1.97. The predicted molar refractivity (Wildman–Crippen MR) is 67.6 cm³/mol. The Hall–Kier alpha value is -3.27. The quantitative estimate of drug-likeness (QED) is 0.611. The number of hydrogen-bond donors (Lipinski definition) is 3. The molecule has 0 bridgehead atoms. The monoisotopic (exact) mass is 268 g/mol. The topological polar surface area (TPSA) is 119 Å². The van der Waals surface area contributed by atoms with E-state index in [0.29, 0.717) is 17.0 Å². The van der Waals surface area contributed by atoms with E-state index in [0.717, 1.165) is 0 Å². The van der Waals surface area contributed by atoms with E-state index in [-0.39, 0.29) is 23.2 Å². The summed E-state index contributed by atoms with van der Waals surface area (Å²) in [6.07, 6.45) is 0. The molecule has 3 N–H and O–H groups in total. The van der Waals surface area contributed by atoms with Gasteiger partial charge in [-0.05, 0) is 30.3 Å². The number of rotatable bonds is 2. The average molecular weight is 268 g/mol. The highest BCUT2D eigenvalue weighted by atomic mass is 16.5. The van der Waals surface area contributed by atoms with Gasteiger partial charge in [-0.15, -0.1) is 0 Å². The second kappa shape index (κ2) is 4.44. The van der Waals surface area contributed by atoms with Crippen LogP contribution in [0.25, 0.3) is 23.0 Å². The van der Waals surface area contributed by atoms with Crippen LogP contribution in [0.4, 0.5) is 0 Å². The van der Waals surface area contributed by atoms with Crippen molar-refractivity contribution in [3.05, 3.63) is 36.0 Å². The van der Waals surface area contributed by atoms with Crippen molar-refractivity contribution in [1.29, 1.82) is 5.26 Å². The Kier molecular flexibility index (Phi) is 2.62. The maximum Gasteiger partial charge on any atom is 0.274 e. The molecule has 3 rings (SSSR count). The van der Waals surface area contributed by atoms with Gasteiger partial charge in [0.15, 0.2) is 11.5 Å². The van der Waals surface area contributed by atoms with Crippen molar-refractivity contribution in [1.82, 2.24) is 15.1 Å². The molecule has 2 aromatic heterocycles. The Morgan fingerprint density at radius 3 is 2.70 bits per heavy atom. The molecule has 0 saturated heterocycles. The molecule has 2 heterocycles. The van der Waals surface area contributed by atoms with Gasteiger partial charge < -0.3 is 19.7 Å². The van der Waals surface area contributed by atoms with Gasteiger partial charge in [-0.1, -0.05) is 5.16 Å². The smallest absolute Gasteiger partial charge is 0.274 e. The van der Waals surface area contributed by atoms with Crippen molar-refractivity contribution in [2.75, 3.05) is 0 Å². The fourth-order valence-corrected chi connectivity index (χ4v) is 1.70. The third kappa shape index (κ3) is 1.95. The van der Waals surface area contributed by atoms with Crippen LogP contribution >= 0.6 is 0 Å².